The molecule has 1 rings (SSSR count). The van der Waals surface area contributed by atoms with Crippen LogP contribution in [0, 0.1) is 5.92 Å². The number of halogens is 1. The first kappa shape index (κ1) is 13.8. The molecule has 3 nitrogen and oxygen atoms in total. The van der Waals surface area contributed by atoms with Gasteiger partial charge in [-0.1, -0.05) is 0 Å². The lowest BCUT2D eigenvalue weighted by molar-refractivity contribution is -0.163. The molecule has 1 N–H and O–H groups in total. The zero-order chi connectivity index (χ0) is 12.2. The number of hydrogen-bond donors (Lipinski definition) is 1. The summed E-state index contributed by atoms with van der Waals surface area (Å²) in [6.07, 6.45) is 4.10. The number of carboxylic acid groups (broad SMARTS) is 1. The highest BCUT2D eigenvalue weighted by Gasteiger charge is 2.36. The summed E-state index contributed by atoms with van der Waals surface area (Å²) in [4.78, 5) is 11.2. The van der Waals surface area contributed by atoms with Crippen molar-refractivity contribution in [3.63, 3.8) is 0 Å². The van der Waals surface area contributed by atoms with E-state index in [0.717, 1.165) is 25.7 Å². The Balaban J connectivity index is 2.59. The monoisotopic (exact) mass is 248 g/mol. The Morgan fingerprint density at radius 2 is 2.31 bits per heavy atom. The Hall–Kier alpha value is -0.280. The van der Waals surface area contributed by atoms with Gasteiger partial charge in [-0.05, 0) is 46.0 Å². The van der Waals surface area contributed by atoms with E-state index in [2.05, 4.69) is 0 Å². The van der Waals surface area contributed by atoms with Crippen LogP contribution in [0.1, 0.15) is 46.0 Å². The van der Waals surface area contributed by atoms with Crippen molar-refractivity contribution in [1.82, 2.24) is 0 Å². The summed E-state index contributed by atoms with van der Waals surface area (Å²) in [6.45, 7) is 4.05. The fourth-order valence-corrected chi connectivity index (χ4v) is 2.46. The van der Waals surface area contributed by atoms with Gasteiger partial charge in [-0.2, -0.15) is 0 Å². The molecular formula is C12H21ClO3. The molecule has 0 aromatic heterocycles. The van der Waals surface area contributed by atoms with Crippen LogP contribution in [0.15, 0.2) is 0 Å². The van der Waals surface area contributed by atoms with Gasteiger partial charge in [0, 0.05) is 5.88 Å². The van der Waals surface area contributed by atoms with E-state index >= 15 is 0 Å². The third-order valence-corrected chi connectivity index (χ3v) is 3.42. The van der Waals surface area contributed by atoms with Crippen molar-refractivity contribution in [2.75, 3.05) is 5.88 Å². The van der Waals surface area contributed by atoms with Crippen molar-refractivity contribution in [3.05, 3.63) is 0 Å². The number of aliphatic carboxylic acids is 1. The van der Waals surface area contributed by atoms with Gasteiger partial charge in [0.1, 0.15) is 0 Å². The largest absolute Gasteiger partial charge is 0.481 e. The van der Waals surface area contributed by atoms with Crippen LogP contribution in [-0.2, 0) is 9.53 Å². The van der Waals surface area contributed by atoms with Gasteiger partial charge in [-0.3, -0.25) is 4.79 Å². The Kier molecular flexibility index (Phi) is 5.06. The minimum Gasteiger partial charge on any atom is -0.481 e. The summed E-state index contributed by atoms with van der Waals surface area (Å²) in [7, 11) is 0. The highest BCUT2D eigenvalue weighted by molar-refractivity contribution is 6.17. The number of carboxylic acids is 1. The Labute approximate surface area is 102 Å². The van der Waals surface area contributed by atoms with Crippen molar-refractivity contribution in [1.29, 1.82) is 0 Å². The smallest absolute Gasteiger partial charge is 0.309 e. The summed E-state index contributed by atoms with van der Waals surface area (Å²) in [5.74, 6) is -0.647. The fourth-order valence-electron chi connectivity index (χ4n) is 2.31. The molecule has 4 heteroatoms. The van der Waals surface area contributed by atoms with E-state index in [0.29, 0.717) is 12.3 Å². The Bertz CT molecular complexity index is 240. The standard InChI is InChI=1S/C12H21ClO3/c1-12(2)7-3-6-10(16-12)9(11(14)15)5-4-8-13/h9-10H,3-8H2,1-2H3,(H,14,15). The quantitative estimate of drug-likeness (QED) is 0.761. The predicted molar refractivity (Wildman–Crippen MR) is 63.9 cm³/mol. The maximum absolute atomic E-state index is 11.2. The topological polar surface area (TPSA) is 46.5 Å². The molecule has 0 aliphatic carbocycles. The van der Waals surface area contributed by atoms with Gasteiger partial charge < -0.3 is 9.84 Å². The van der Waals surface area contributed by atoms with Gasteiger partial charge >= 0.3 is 5.97 Å². The second-order valence-electron chi connectivity index (χ2n) is 5.08. The van der Waals surface area contributed by atoms with Crippen LogP contribution in [0.3, 0.4) is 0 Å². The lowest BCUT2D eigenvalue weighted by Crippen LogP contribution is -2.41. The highest BCUT2D eigenvalue weighted by Crippen LogP contribution is 2.33. The van der Waals surface area contributed by atoms with E-state index in [1.165, 1.54) is 0 Å². The maximum Gasteiger partial charge on any atom is 0.309 e. The zero-order valence-corrected chi connectivity index (χ0v) is 10.8. The van der Waals surface area contributed by atoms with Gasteiger partial charge in [-0.15, -0.1) is 11.6 Å². The first-order valence-electron chi connectivity index (χ1n) is 5.93. The van der Waals surface area contributed by atoms with Crippen LogP contribution in [0.25, 0.3) is 0 Å². The lowest BCUT2D eigenvalue weighted by atomic mass is 9.87. The Morgan fingerprint density at radius 3 is 2.81 bits per heavy atom. The molecule has 1 aliphatic rings. The summed E-state index contributed by atoms with van der Waals surface area (Å²) >= 11 is 5.61. The molecule has 16 heavy (non-hydrogen) atoms. The van der Waals surface area contributed by atoms with E-state index < -0.39 is 11.9 Å². The molecule has 0 saturated carbocycles. The molecule has 0 aromatic carbocycles. The molecular weight excluding hydrogens is 228 g/mol. The SMILES string of the molecule is CC1(C)CCCC(C(CCCCl)C(=O)O)O1. The fraction of sp³-hybridized carbons (Fsp3) is 0.917. The van der Waals surface area contributed by atoms with Crippen LogP contribution in [-0.4, -0.2) is 28.7 Å². The number of alkyl halides is 1. The lowest BCUT2D eigenvalue weighted by Gasteiger charge is -2.38. The zero-order valence-electron chi connectivity index (χ0n) is 10.0. The van der Waals surface area contributed by atoms with Gasteiger partial charge in [0.25, 0.3) is 0 Å². The van der Waals surface area contributed by atoms with Crippen LogP contribution in [0.5, 0.6) is 0 Å². The molecule has 0 amide bonds. The van der Waals surface area contributed by atoms with Gasteiger partial charge in [0.05, 0.1) is 17.6 Å². The molecule has 0 radical (unpaired) electrons. The normalized spacial score (nSPS) is 26.3. The number of carbonyl (C=O) groups is 1. The first-order valence-corrected chi connectivity index (χ1v) is 6.46. The van der Waals surface area contributed by atoms with Crippen molar-refractivity contribution >= 4 is 17.6 Å². The molecule has 94 valence electrons. The van der Waals surface area contributed by atoms with E-state index in [1.54, 1.807) is 0 Å². The average molecular weight is 249 g/mol. The first-order chi connectivity index (χ1) is 7.46. The van der Waals surface area contributed by atoms with Crippen LogP contribution in [0.2, 0.25) is 0 Å². The highest BCUT2D eigenvalue weighted by atomic mass is 35.5. The van der Waals surface area contributed by atoms with Gasteiger partial charge in [0.2, 0.25) is 0 Å². The van der Waals surface area contributed by atoms with Gasteiger partial charge in [-0.25, -0.2) is 0 Å². The third kappa shape index (κ3) is 3.95. The van der Waals surface area contributed by atoms with Crippen molar-refractivity contribution in [2.24, 2.45) is 5.92 Å². The second-order valence-corrected chi connectivity index (χ2v) is 5.46. The minimum absolute atomic E-state index is 0.149. The molecule has 0 aromatic rings. The third-order valence-electron chi connectivity index (χ3n) is 3.15. The Morgan fingerprint density at radius 1 is 1.62 bits per heavy atom. The van der Waals surface area contributed by atoms with Crippen molar-refractivity contribution in [3.8, 4) is 0 Å². The molecule has 1 aliphatic heterocycles. The summed E-state index contributed by atoms with van der Waals surface area (Å²) in [5.41, 5.74) is -0.183. The van der Waals surface area contributed by atoms with E-state index in [-0.39, 0.29) is 11.7 Å². The van der Waals surface area contributed by atoms with Crippen LogP contribution in [0.4, 0.5) is 0 Å². The number of rotatable bonds is 5. The van der Waals surface area contributed by atoms with Crippen molar-refractivity contribution in [2.45, 2.75) is 57.7 Å². The van der Waals surface area contributed by atoms with Gasteiger partial charge in [0.15, 0.2) is 0 Å². The van der Waals surface area contributed by atoms with Crippen LogP contribution >= 0.6 is 11.6 Å². The molecule has 0 spiro atoms. The van der Waals surface area contributed by atoms with Crippen LogP contribution < -0.4 is 0 Å². The summed E-state index contributed by atoms with van der Waals surface area (Å²) in [5, 5.41) is 9.20. The molecule has 1 saturated heterocycles. The molecule has 2 atom stereocenters. The maximum atomic E-state index is 11.2. The predicted octanol–water partition coefficient (Wildman–Crippen LogP) is 3.05. The van der Waals surface area contributed by atoms with E-state index in [9.17, 15) is 9.90 Å². The molecule has 2 unspecified atom stereocenters. The second kappa shape index (κ2) is 5.87. The molecule has 0 bridgehead atoms. The van der Waals surface area contributed by atoms with E-state index in [4.69, 9.17) is 16.3 Å². The average Bonchev–Trinajstić information content (AvgIpc) is 2.16. The number of hydrogen-bond acceptors (Lipinski definition) is 2. The molecule has 1 heterocycles. The van der Waals surface area contributed by atoms with E-state index in [1.807, 2.05) is 13.8 Å². The minimum atomic E-state index is -0.757. The summed E-state index contributed by atoms with van der Waals surface area (Å²) < 4.78 is 5.87. The molecule has 1 fully saturated rings. The van der Waals surface area contributed by atoms with Crippen molar-refractivity contribution < 1.29 is 14.6 Å². The summed E-state index contributed by atoms with van der Waals surface area (Å²) in [6, 6.07) is 0. The number of ether oxygens (including phenoxy) is 1.